The molecule has 2 rings (SSSR count). The number of rotatable bonds is 1. The molecule has 0 aromatic heterocycles. The lowest BCUT2D eigenvalue weighted by Gasteiger charge is -2.12. The van der Waals surface area contributed by atoms with Gasteiger partial charge < -0.3 is 15.7 Å². The van der Waals surface area contributed by atoms with Crippen LogP contribution in [0, 0.1) is 0 Å². The van der Waals surface area contributed by atoms with Crippen LogP contribution in [-0.2, 0) is 4.79 Å². The molecule has 0 aliphatic carbocycles. The maximum absolute atomic E-state index is 11.6. The molecule has 5 nitrogen and oxygen atoms in total. The molecule has 1 amide bonds. The first kappa shape index (κ1) is 13.1. The first-order valence-corrected chi connectivity index (χ1v) is 6.50. The molecule has 0 saturated heterocycles. The number of nitrogens with zero attached hydrogens (tertiary/aromatic N) is 2. The highest BCUT2D eigenvalue weighted by Crippen LogP contribution is 2.33. The number of guanidine groups is 1. The molecule has 0 fully saturated rings. The summed E-state index contributed by atoms with van der Waals surface area (Å²) in [5, 5.41) is 9.91. The van der Waals surface area contributed by atoms with E-state index in [1.54, 1.807) is 19.2 Å². The highest BCUT2D eigenvalue weighted by Gasteiger charge is 2.24. The van der Waals surface area contributed by atoms with Gasteiger partial charge in [-0.2, -0.15) is 4.99 Å². The summed E-state index contributed by atoms with van der Waals surface area (Å²) in [7, 11) is 1.64. The third-order valence-corrected chi connectivity index (χ3v) is 3.55. The summed E-state index contributed by atoms with van der Waals surface area (Å²) in [6.07, 6.45) is 1.54. The van der Waals surface area contributed by atoms with Gasteiger partial charge in [0.2, 0.25) is 5.96 Å². The average molecular weight is 375 g/mol. The van der Waals surface area contributed by atoms with Gasteiger partial charge in [0.05, 0.1) is 4.47 Å². The molecule has 0 spiro atoms. The number of phenols is 1. The Bertz CT molecular complexity index is 596. The van der Waals surface area contributed by atoms with Crippen LogP contribution in [0.3, 0.4) is 0 Å². The summed E-state index contributed by atoms with van der Waals surface area (Å²) in [4.78, 5) is 16.7. The van der Waals surface area contributed by atoms with Gasteiger partial charge in [0.25, 0.3) is 5.91 Å². The molecule has 7 heteroatoms. The van der Waals surface area contributed by atoms with Gasteiger partial charge in [-0.3, -0.25) is 4.79 Å². The Labute approximate surface area is 120 Å². The average Bonchev–Trinajstić information content (AvgIpc) is 2.52. The lowest BCUT2D eigenvalue weighted by molar-refractivity contribution is -0.114. The summed E-state index contributed by atoms with van der Waals surface area (Å²) in [6, 6.07) is 3.41. The second kappa shape index (κ2) is 4.74. The number of aromatic hydroxyl groups is 1. The summed E-state index contributed by atoms with van der Waals surface area (Å²) in [5.74, 6) is -0.234. The first-order valence-electron chi connectivity index (χ1n) is 4.92. The highest BCUT2D eigenvalue weighted by atomic mass is 79.9. The highest BCUT2D eigenvalue weighted by molar-refractivity contribution is 9.11. The third-order valence-electron chi connectivity index (χ3n) is 2.49. The molecule has 0 bridgehead atoms. The van der Waals surface area contributed by atoms with Crippen molar-refractivity contribution in [3.63, 3.8) is 0 Å². The molecule has 1 heterocycles. The number of likely N-dealkylation sites (N-methyl/N-ethyl adjacent to an activating group) is 1. The number of nitrogens with two attached hydrogens (primary N) is 1. The van der Waals surface area contributed by atoms with Gasteiger partial charge in [0.15, 0.2) is 0 Å². The van der Waals surface area contributed by atoms with Crippen LogP contribution in [0.4, 0.5) is 0 Å². The van der Waals surface area contributed by atoms with Gasteiger partial charge in [-0.1, -0.05) is 15.9 Å². The van der Waals surface area contributed by atoms with Crippen LogP contribution in [0.5, 0.6) is 5.75 Å². The van der Waals surface area contributed by atoms with Crippen molar-refractivity contribution in [1.82, 2.24) is 4.90 Å². The zero-order valence-corrected chi connectivity index (χ0v) is 12.5. The SMILES string of the molecule is CN1C(N)=NC(=O)/C1=C\c1cc(Br)cc(Br)c1O. The van der Waals surface area contributed by atoms with E-state index in [4.69, 9.17) is 5.73 Å². The van der Waals surface area contributed by atoms with Crippen molar-refractivity contribution in [2.45, 2.75) is 0 Å². The molecule has 0 unspecified atom stereocenters. The van der Waals surface area contributed by atoms with Crippen molar-refractivity contribution in [3.8, 4) is 5.75 Å². The van der Waals surface area contributed by atoms with E-state index >= 15 is 0 Å². The molecule has 0 saturated carbocycles. The Morgan fingerprint density at radius 2 is 2.11 bits per heavy atom. The van der Waals surface area contributed by atoms with Gasteiger partial charge in [-0.25, -0.2) is 0 Å². The summed E-state index contributed by atoms with van der Waals surface area (Å²) >= 11 is 6.54. The van der Waals surface area contributed by atoms with Crippen molar-refractivity contribution in [3.05, 3.63) is 32.3 Å². The van der Waals surface area contributed by atoms with Crippen LogP contribution < -0.4 is 5.73 Å². The smallest absolute Gasteiger partial charge is 0.296 e. The predicted molar refractivity (Wildman–Crippen MR) is 75.9 cm³/mol. The Morgan fingerprint density at radius 1 is 1.44 bits per heavy atom. The number of hydrogen-bond acceptors (Lipinski definition) is 4. The fraction of sp³-hybridized carbons (Fsp3) is 0.0909. The Balaban J connectivity index is 2.50. The number of carbonyl (C=O) groups excluding carboxylic acids is 1. The van der Waals surface area contributed by atoms with E-state index in [2.05, 4.69) is 36.9 Å². The number of carbonyl (C=O) groups is 1. The van der Waals surface area contributed by atoms with Crippen molar-refractivity contribution >= 4 is 49.8 Å². The molecule has 0 radical (unpaired) electrons. The fourth-order valence-corrected chi connectivity index (χ4v) is 2.76. The van der Waals surface area contributed by atoms with E-state index in [1.807, 2.05) is 0 Å². The Morgan fingerprint density at radius 3 is 2.67 bits per heavy atom. The van der Waals surface area contributed by atoms with Gasteiger partial charge in [0, 0.05) is 17.1 Å². The number of benzene rings is 1. The molecule has 1 aromatic rings. The predicted octanol–water partition coefficient (Wildman–Crippen LogP) is 2.04. The standard InChI is InChI=1S/C11H9Br2N3O2/c1-16-8(10(18)15-11(16)14)3-5-2-6(12)4-7(13)9(5)17/h2-4,17H,1H3,(H2,14,15,18)/b8-3+. The van der Waals surface area contributed by atoms with Gasteiger partial charge in [0.1, 0.15) is 11.4 Å². The van der Waals surface area contributed by atoms with Crippen LogP contribution in [0.2, 0.25) is 0 Å². The van der Waals surface area contributed by atoms with E-state index in [0.29, 0.717) is 15.7 Å². The van der Waals surface area contributed by atoms with Crippen LogP contribution in [0.1, 0.15) is 5.56 Å². The van der Waals surface area contributed by atoms with Crippen LogP contribution >= 0.6 is 31.9 Å². The molecule has 1 aromatic carbocycles. The summed E-state index contributed by atoms with van der Waals surface area (Å²) in [5.41, 5.74) is 6.35. The van der Waals surface area contributed by atoms with E-state index < -0.39 is 5.91 Å². The molecular formula is C11H9Br2N3O2. The normalized spacial score (nSPS) is 17.5. The van der Waals surface area contributed by atoms with Gasteiger partial charge in [-0.05, 0) is 34.1 Å². The molecule has 94 valence electrons. The number of halogens is 2. The Kier molecular flexibility index (Phi) is 3.45. The number of amides is 1. The monoisotopic (exact) mass is 373 g/mol. The maximum Gasteiger partial charge on any atom is 0.296 e. The molecule has 3 N–H and O–H groups in total. The number of hydrogen-bond donors (Lipinski definition) is 2. The summed E-state index contributed by atoms with van der Waals surface area (Å²) in [6.45, 7) is 0. The first-order chi connectivity index (χ1) is 8.40. The topological polar surface area (TPSA) is 78.9 Å². The molecule has 1 aliphatic rings. The fourth-order valence-electron chi connectivity index (χ4n) is 1.50. The third kappa shape index (κ3) is 2.28. The van der Waals surface area contributed by atoms with Crippen LogP contribution in [-0.4, -0.2) is 28.9 Å². The molecule has 18 heavy (non-hydrogen) atoms. The van der Waals surface area contributed by atoms with Crippen LogP contribution in [0.25, 0.3) is 6.08 Å². The number of phenolic OH excluding ortho intramolecular Hbond substituents is 1. The maximum atomic E-state index is 11.6. The van der Waals surface area contributed by atoms with Crippen molar-refractivity contribution in [2.75, 3.05) is 7.05 Å². The minimum atomic E-state index is -0.425. The van der Waals surface area contributed by atoms with Crippen molar-refractivity contribution in [1.29, 1.82) is 0 Å². The largest absolute Gasteiger partial charge is 0.506 e. The van der Waals surface area contributed by atoms with E-state index in [9.17, 15) is 9.90 Å². The minimum absolute atomic E-state index is 0.0531. The molecular weight excluding hydrogens is 366 g/mol. The van der Waals surface area contributed by atoms with E-state index in [-0.39, 0.29) is 11.7 Å². The number of aliphatic imine (C=N–C) groups is 1. The molecule has 0 atom stereocenters. The molecule has 1 aliphatic heterocycles. The van der Waals surface area contributed by atoms with Crippen LogP contribution in [0.15, 0.2) is 31.8 Å². The zero-order valence-electron chi connectivity index (χ0n) is 9.32. The van der Waals surface area contributed by atoms with E-state index in [1.165, 1.54) is 11.0 Å². The van der Waals surface area contributed by atoms with E-state index in [0.717, 1.165) is 4.47 Å². The minimum Gasteiger partial charge on any atom is -0.506 e. The van der Waals surface area contributed by atoms with Gasteiger partial charge in [-0.15, -0.1) is 0 Å². The quantitative estimate of drug-likeness (QED) is 0.737. The second-order valence-electron chi connectivity index (χ2n) is 3.69. The Hall–Kier alpha value is -1.34. The van der Waals surface area contributed by atoms with Crippen molar-refractivity contribution in [2.24, 2.45) is 10.7 Å². The van der Waals surface area contributed by atoms with Gasteiger partial charge >= 0.3 is 0 Å². The van der Waals surface area contributed by atoms with Crippen molar-refractivity contribution < 1.29 is 9.90 Å². The lowest BCUT2D eigenvalue weighted by atomic mass is 10.1. The summed E-state index contributed by atoms with van der Waals surface area (Å²) < 4.78 is 1.31. The lowest BCUT2D eigenvalue weighted by Crippen LogP contribution is -2.28. The second-order valence-corrected chi connectivity index (χ2v) is 5.46. The zero-order chi connectivity index (χ0) is 13.4.